The third kappa shape index (κ3) is 2.79. The summed E-state index contributed by atoms with van der Waals surface area (Å²) in [5.41, 5.74) is 6.14. The Hall–Kier alpha value is -1.14. The number of nitrogens with one attached hydrogen (secondary N) is 1. The van der Waals surface area contributed by atoms with Crippen LogP contribution in [-0.2, 0) is 10.0 Å². The highest BCUT2D eigenvalue weighted by Gasteiger charge is 2.39. The molecular formula is C15H21FN2O2S. The number of hydrogen-bond acceptors (Lipinski definition) is 3. The van der Waals surface area contributed by atoms with E-state index >= 15 is 0 Å². The third-order valence-corrected chi connectivity index (χ3v) is 6.38. The van der Waals surface area contributed by atoms with Gasteiger partial charge in [0.05, 0.1) is 0 Å². The van der Waals surface area contributed by atoms with Crippen LogP contribution in [0.1, 0.15) is 31.2 Å². The van der Waals surface area contributed by atoms with Crippen LogP contribution in [0.5, 0.6) is 0 Å². The Bertz CT molecular complexity index is 660. The van der Waals surface area contributed by atoms with E-state index in [2.05, 4.69) is 4.72 Å². The minimum absolute atomic E-state index is 0.246. The number of nitrogens with two attached hydrogens (primary N) is 1. The molecule has 0 heterocycles. The maximum Gasteiger partial charge on any atom is 0.243 e. The molecule has 1 aromatic rings. The number of halogens is 1. The number of anilines is 1. The fraction of sp³-hybridized carbons (Fsp3) is 0.600. The van der Waals surface area contributed by atoms with Crippen LogP contribution in [0.4, 0.5) is 10.1 Å². The molecule has 4 nitrogen and oxygen atoms in total. The largest absolute Gasteiger partial charge is 0.399 e. The van der Waals surface area contributed by atoms with Crippen molar-refractivity contribution in [2.75, 3.05) is 12.3 Å². The van der Waals surface area contributed by atoms with Gasteiger partial charge in [0.25, 0.3) is 0 Å². The third-order valence-electron chi connectivity index (χ3n) is 4.95. The van der Waals surface area contributed by atoms with E-state index in [0.29, 0.717) is 18.4 Å². The number of nitrogen functional groups attached to an aromatic ring is 1. The van der Waals surface area contributed by atoms with Crippen molar-refractivity contribution in [2.45, 2.75) is 37.5 Å². The first-order valence-electron chi connectivity index (χ1n) is 7.42. The maximum absolute atomic E-state index is 14.1. The quantitative estimate of drug-likeness (QED) is 0.839. The number of fused-ring (bicyclic) bond motifs is 2. The molecule has 3 atom stereocenters. The average molecular weight is 312 g/mol. The SMILES string of the molecule is Cc1cc(N)cc(S(=O)(=O)NCC2CC3CCC2C3)c1F. The summed E-state index contributed by atoms with van der Waals surface area (Å²) >= 11 is 0. The van der Waals surface area contributed by atoms with Gasteiger partial charge in [-0.05, 0) is 61.6 Å². The lowest BCUT2D eigenvalue weighted by Gasteiger charge is -2.22. The monoisotopic (exact) mass is 312 g/mol. The zero-order valence-electron chi connectivity index (χ0n) is 12.1. The van der Waals surface area contributed by atoms with Gasteiger partial charge in [0.15, 0.2) is 0 Å². The van der Waals surface area contributed by atoms with Crippen molar-refractivity contribution in [1.29, 1.82) is 0 Å². The smallest absolute Gasteiger partial charge is 0.243 e. The number of hydrogen-bond donors (Lipinski definition) is 2. The molecule has 2 fully saturated rings. The summed E-state index contributed by atoms with van der Waals surface area (Å²) in [4.78, 5) is -0.344. The van der Waals surface area contributed by atoms with Gasteiger partial charge >= 0.3 is 0 Å². The van der Waals surface area contributed by atoms with Gasteiger partial charge in [0, 0.05) is 12.2 Å². The second-order valence-corrected chi connectivity index (χ2v) is 8.17. The number of sulfonamides is 1. The predicted molar refractivity (Wildman–Crippen MR) is 79.7 cm³/mol. The van der Waals surface area contributed by atoms with Crippen LogP contribution in [-0.4, -0.2) is 15.0 Å². The highest BCUT2D eigenvalue weighted by Crippen LogP contribution is 2.48. The summed E-state index contributed by atoms with van der Waals surface area (Å²) < 4.78 is 41.3. The zero-order valence-corrected chi connectivity index (χ0v) is 12.9. The predicted octanol–water partition coefficient (Wildman–Crippen LogP) is 2.43. The van der Waals surface area contributed by atoms with Gasteiger partial charge in [-0.2, -0.15) is 0 Å². The van der Waals surface area contributed by atoms with Crippen LogP contribution in [0.15, 0.2) is 17.0 Å². The molecule has 0 radical (unpaired) electrons. The second-order valence-electron chi connectivity index (χ2n) is 6.44. The lowest BCUT2D eigenvalue weighted by molar-refractivity contribution is 0.332. The standard InChI is InChI=1S/C15H21FN2O2S/c1-9-4-13(17)7-14(15(9)16)21(19,20)18-8-12-6-10-2-3-11(12)5-10/h4,7,10-12,18H,2-3,5-6,8,17H2,1H3. The molecule has 0 aromatic heterocycles. The van der Waals surface area contributed by atoms with Gasteiger partial charge in [-0.1, -0.05) is 6.42 Å². The summed E-state index contributed by atoms with van der Waals surface area (Å²) in [6.45, 7) is 1.91. The van der Waals surface area contributed by atoms with Gasteiger partial charge in [-0.15, -0.1) is 0 Å². The van der Waals surface area contributed by atoms with Crippen molar-refractivity contribution in [3.05, 3.63) is 23.5 Å². The van der Waals surface area contributed by atoms with Gasteiger partial charge in [-0.3, -0.25) is 0 Å². The number of aryl methyl sites for hydroxylation is 1. The molecule has 0 saturated heterocycles. The first-order chi connectivity index (χ1) is 9.87. The van der Waals surface area contributed by atoms with Crippen molar-refractivity contribution < 1.29 is 12.8 Å². The molecule has 3 unspecified atom stereocenters. The molecule has 0 amide bonds. The second kappa shape index (κ2) is 5.25. The van der Waals surface area contributed by atoms with E-state index in [1.165, 1.54) is 38.3 Å². The topological polar surface area (TPSA) is 72.2 Å². The van der Waals surface area contributed by atoms with E-state index < -0.39 is 15.8 Å². The molecular weight excluding hydrogens is 291 g/mol. The average Bonchev–Trinajstić information content (AvgIpc) is 3.03. The van der Waals surface area contributed by atoms with Crippen LogP contribution < -0.4 is 10.5 Å². The van der Waals surface area contributed by atoms with Gasteiger partial charge in [-0.25, -0.2) is 17.5 Å². The van der Waals surface area contributed by atoms with Crippen molar-refractivity contribution in [3.8, 4) is 0 Å². The summed E-state index contributed by atoms with van der Waals surface area (Å²) in [5.74, 6) is 1.06. The highest BCUT2D eigenvalue weighted by molar-refractivity contribution is 7.89. The molecule has 0 spiro atoms. The van der Waals surface area contributed by atoms with Crippen molar-refractivity contribution >= 4 is 15.7 Å². The minimum atomic E-state index is -3.85. The number of rotatable bonds is 4. The van der Waals surface area contributed by atoms with Crippen LogP contribution >= 0.6 is 0 Å². The molecule has 116 valence electrons. The molecule has 2 aliphatic carbocycles. The van der Waals surface area contributed by atoms with E-state index in [1.54, 1.807) is 0 Å². The summed E-state index contributed by atoms with van der Waals surface area (Å²) in [5, 5.41) is 0. The molecule has 0 aliphatic heterocycles. The van der Waals surface area contributed by atoms with Crippen molar-refractivity contribution in [1.82, 2.24) is 4.72 Å². The van der Waals surface area contributed by atoms with Crippen LogP contribution in [0.3, 0.4) is 0 Å². The lowest BCUT2D eigenvalue weighted by atomic mass is 9.89. The Morgan fingerprint density at radius 3 is 2.71 bits per heavy atom. The molecule has 1 aromatic carbocycles. The zero-order chi connectivity index (χ0) is 15.2. The lowest BCUT2D eigenvalue weighted by Crippen LogP contribution is -2.32. The van der Waals surface area contributed by atoms with E-state index in [4.69, 9.17) is 5.73 Å². The molecule has 6 heteroatoms. The van der Waals surface area contributed by atoms with Crippen molar-refractivity contribution in [3.63, 3.8) is 0 Å². The molecule has 3 rings (SSSR count). The Morgan fingerprint density at radius 1 is 1.33 bits per heavy atom. The molecule has 21 heavy (non-hydrogen) atoms. The molecule has 2 bridgehead atoms. The van der Waals surface area contributed by atoms with E-state index in [9.17, 15) is 12.8 Å². The molecule has 2 saturated carbocycles. The number of benzene rings is 1. The van der Waals surface area contributed by atoms with Crippen LogP contribution in [0, 0.1) is 30.5 Å². The van der Waals surface area contributed by atoms with Gasteiger partial charge < -0.3 is 5.73 Å². The molecule has 3 N–H and O–H groups in total. The van der Waals surface area contributed by atoms with Crippen LogP contribution in [0.25, 0.3) is 0 Å². The first-order valence-corrected chi connectivity index (χ1v) is 8.90. The first kappa shape index (κ1) is 14.8. The maximum atomic E-state index is 14.1. The highest BCUT2D eigenvalue weighted by atomic mass is 32.2. The Balaban J connectivity index is 1.75. The van der Waals surface area contributed by atoms with Gasteiger partial charge in [0.2, 0.25) is 10.0 Å². The normalized spacial score (nSPS) is 28.2. The Kier molecular flexibility index (Phi) is 3.69. The molecule has 2 aliphatic rings. The van der Waals surface area contributed by atoms with Crippen LogP contribution in [0.2, 0.25) is 0 Å². The fourth-order valence-electron chi connectivity index (χ4n) is 3.88. The van der Waals surface area contributed by atoms with E-state index in [1.807, 2.05) is 0 Å². The Morgan fingerprint density at radius 2 is 2.10 bits per heavy atom. The summed E-state index contributed by atoms with van der Waals surface area (Å²) in [7, 11) is -3.85. The van der Waals surface area contributed by atoms with Crippen molar-refractivity contribution in [2.24, 2.45) is 17.8 Å². The van der Waals surface area contributed by atoms with E-state index in [0.717, 1.165) is 12.3 Å². The van der Waals surface area contributed by atoms with E-state index in [-0.39, 0.29) is 16.1 Å². The van der Waals surface area contributed by atoms with Gasteiger partial charge in [0.1, 0.15) is 10.7 Å². The summed E-state index contributed by atoms with van der Waals surface area (Å²) in [6, 6.07) is 2.62. The fourth-order valence-corrected chi connectivity index (χ4v) is 5.16. The summed E-state index contributed by atoms with van der Waals surface area (Å²) in [6.07, 6.45) is 4.78. The Labute approximate surface area is 125 Å². The minimum Gasteiger partial charge on any atom is -0.399 e.